The Bertz CT molecular complexity index is 1330. The normalized spacial score (nSPS) is 11.3. The predicted molar refractivity (Wildman–Crippen MR) is 117 cm³/mol. The molecule has 158 valence electrons. The van der Waals surface area contributed by atoms with Gasteiger partial charge in [0.05, 0.1) is 10.6 Å². The number of anilines is 2. The van der Waals surface area contributed by atoms with E-state index in [0.717, 1.165) is 5.76 Å². The van der Waals surface area contributed by atoms with Crippen LogP contribution in [0.15, 0.2) is 82.1 Å². The molecular formula is C22H20N4O4S. The van der Waals surface area contributed by atoms with E-state index in [1.165, 1.54) is 23.5 Å². The van der Waals surface area contributed by atoms with E-state index in [9.17, 15) is 13.2 Å². The van der Waals surface area contributed by atoms with Gasteiger partial charge in [0.15, 0.2) is 11.5 Å². The van der Waals surface area contributed by atoms with Crippen LogP contribution in [0.3, 0.4) is 0 Å². The minimum atomic E-state index is -3.80. The molecule has 0 spiro atoms. The molecule has 9 heteroatoms. The molecule has 4 rings (SSSR count). The monoisotopic (exact) mass is 436 g/mol. The van der Waals surface area contributed by atoms with E-state index in [4.69, 9.17) is 4.42 Å². The quantitative estimate of drug-likeness (QED) is 0.474. The molecule has 2 N–H and O–H groups in total. The van der Waals surface area contributed by atoms with Crippen molar-refractivity contribution in [3.05, 3.63) is 84.3 Å². The van der Waals surface area contributed by atoms with Gasteiger partial charge in [0, 0.05) is 18.8 Å². The van der Waals surface area contributed by atoms with Gasteiger partial charge in [-0.2, -0.15) is 5.10 Å². The smallest absolute Gasteiger partial charge is 0.276 e. The maximum atomic E-state index is 13.0. The van der Waals surface area contributed by atoms with E-state index in [2.05, 4.69) is 15.5 Å². The van der Waals surface area contributed by atoms with Crippen LogP contribution in [0, 0.1) is 6.92 Å². The number of hydrogen-bond donors (Lipinski definition) is 2. The van der Waals surface area contributed by atoms with Crippen LogP contribution in [-0.4, -0.2) is 31.6 Å². The second-order valence-electron chi connectivity index (χ2n) is 6.87. The summed E-state index contributed by atoms with van der Waals surface area (Å²) in [7, 11) is -2.31. The van der Waals surface area contributed by atoms with Crippen LogP contribution in [-0.2, 0) is 10.0 Å². The van der Waals surface area contributed by atoms with Crippen molar-refractivity contribution < 1.29 is 17.6 Å². The largest absolute Gasteiger partial charge is 0.460 e. The van der Waals surface area contributed by atoms with Crippen molar-refractivity contribution >= 4 is 27.3 Å². The number of amides is 1. The number of aromatic nitrogens is 2. The van der Waals surface area contributed by atoms with Gasteiger partial charge < -0.3 is 9.73 Å². The van der Waals surface area contributed by atoms with Gasteiger partial charge in [-0.05, 0) is 49.4 Å². The maximum Gasteiger partial charge on any atom is 0.276 e. The van der Waals surface area contributed by atoms with Gasteiger partial charge in [-0.3, -0.25) is 14.2 Å². The van der Waals surface area contributed by atoms with Crippen molar-refractivity contribution in [2.24, 2.45) is 0 Å². The van der Waals surface area contributed by atoms with Crippen molar-refractivity contribution in [1.82, 2.24) is 10.2 Å². The van der Waals surface area contributed by atoms with E-state index < -0.39 is 15.9 Å². The Morgan fingerprint density at radius 3 is 2.52 bits per heavy atom. The van der Waals surface area contributed by atoms with Gasteiger partial charge in [0.1, 0.15) is 11.5 Å². The predicted octanol–water partition coefficient (Wildman–Crippen LogP) is 4.06. The lowest BCUT2D eigenvalue weighted by atomic mass is 10.2. The Morgan fingerprint density at radius 1 is 1.03 bits per heavy atom. The first-order valence-electron chi connectivity index (χ1n) is 9.42. The number of para-hydroxylation sites is 1. The van der Waals surface area contributed by atoms with Gasteiger partial charge in [-0.25, -0.2) is 8.42 Å². The number of sulfonamides is 1. The van der Waals surface area contributed by atoms with Crippen LogP contribution in [0.4, 0.5) is 11.4 Å². The molecule has 0 radical (unpaired) electrons. The third-order valence-corrected chi connectivity index (χ3v) is 6.47. The number of hydrogen-bond acceptors (Lipinski definition) is 5. The summed E-state index contributed by atoms with van der Waals surface area (Å²) in [6.45, 7) is 1.82. The van der Waals surface area contributed by atoms with E-state index in [-0.39, 0.29) is 10.6 Å². The molecule has 0 unspecified atom stereocenters. The van der Waals surface area contributed by atoms with Gasteiger partial charge in [-0.1, -0.05) is 24.3 Å². The number of aryl methyl sites for hydroxylation is 1. The average Bonchev–Trinajstić information content (AvgIpc) is 3.43. The van der Waals surface area contributed by atoms with E-state index in [0.29, 0.717) is 22.8 Å². The molecule has 0 aliphatic rings. The van der Waals surface area contributed by atoms with Gasteiger partial charge in [0.25, 0.3) is 15.9 Å². The standard InChI is InChI=1S/C22H20N4O4S/c1-15-11-12-21(30-15)19-14-20(25-24-19)22(27)23-16-7-6-10-18(13-16)31(28,29)26(2)17-8-4-3-5-9-17/h3-14H,1-2H3,(H,23,27)(H,24,25). The molecule has 2 aromatic heterocycles. The highest BCUT2D eigenvalue weighted by Crippen LogP contribution is 2.24. The first-order valence-corrected chi connectivity index (χ1v) is 10.9. The van der Waals surface area contributed by atoms with E-state index in [1.54, 1.807) is 48.5 Å². The molecule has 0 aliphatic carbocycles. The first-order chi connectivity index (χ1) is 14.8. The minimum Gasteiger partial charge on any atom is -0.460 e. The summed E-state index contributed by atoms with van der Waals surface area (Å²) in [4.78, 5) is 12.7. The van der Waals surface area contributed by atoms with Gasteiger partial charge in [-0.15, -0.1) is 0 Å². The van der Waals surface area contributed by atoms with Crippen LogP contribution in [0.2, 0.25) is 0 Å². The van der Waals surface area contributed by atoms with Crippen LogP contribution in [0.1, 0.15) is 16.2 Å². The number of furan rings is 1. The van der Waals surface area contributed by atoms with Crippen LogP contribution >= 0.6 is 0 Å². The summed E-state index contributed by atoms with van der Waals surface area (Å²) in [6.07, 6.45) is 0. The second-order valence-corrected chi connectivity index (χ2v) is 8.84. The second kappa shape index (κ2) is 8.11. The molecular weight excluding hydrogens is 416 g/mol. The van der Waals surface area contributed by atoms with E-state index in [1.807, 2.05) is 19.1 Å². The van der Waals surface area contributed by atoms with Gasteiger partial charge >= 0.3 is 0 Å². The minimum absolute atomic E-state index is 0.0606. The number of carbonyl (C=O) groups is 1. The Kier molecular flexibility index (Phi) is 5.35. The number of carbonyl (C=O) groups excluding carboxylic acids is 1. The van der Waals surface area contributed by atoms with Crippen molar-refractivity contribution in [2.45, 2.75) is 11.8 Å². The van der Waals surface area contributed by atoms with Crippen molar-refractivity contribution in [2.75, 3.05) is 16.7 Å². The Labute approximate surface area is 179 Å². The van der Waals surface area contributed by atoms with Crippen molar-refractivity contribution in [3.8, 4) is 11.5 Å². The molecule has 4 aromatic rings. The SMILES string of the molecule is Cc1ccc(-c2cc(C(=O)Nc3cccc(S(=O)(=O)N(C)c4ccccc4)c3)n[nH]2)o1. The Balaban J connectivity index is 1.53. The molecule has 1 amide bonds. The highest BCUT2D eigenvalue weighted by atomic mass is 32.2. The zero-order valence-electron chi connectivity index (χ0n) is 16.9. The lowest BCUT2D eigenvalue weighted by Gasteiger charge is -2.19. The number of nitrogens with zero attached hydrogens (tertiary/aromatic N) is 2. The van der Waals surface area contributed by atoms with Crippen molar-refractivity contribution in [3.63, 3.8) is 0 Å². The topological polar surface area (TPSA) is 108 Å². The zero-order valence-corrected chi connectivity index (χ0v) is 17.7. The summed E-state index contributed by atoms with van der Waals surface area (Å²) in [5, 5.41) is 9.46. The molecule has 2 aromatic carbocycles. The molecule has 0 saturated heterocycles. The fourth-order valence-corrected chi connectivity index (χ4v) is 4.25. The number of benzene rings is 2. The third kappa shape index (κ3) is 4.22. The lowest BCUT2D eigenvalue weighted by Crippen LogP contribution is -2.26. The maximum absolute atomic E-state index is 13.0. The molecule has 0 atom stereocenters. The van der Waals surface area contributed by atoms with Crippen LogP contribution in [0.5, 0.6) is 0 Å². The van der Waals surface area contributed by atoms with Gasteiger partial charge in [0.2, 0.25) is 0 Å². The third-order valence-electron chi connectivity index (χ3n) is 4.69. The zero-order chi connectivity index (χ0) is 22.0. The number of rotatable bonds is 6. The van der Waals surface area contributed by atoms with Crippen LogP contribution < -0.4 is 9.62 Å². The molecule has 2 heterocycles. The fourth-order valence-electron chi connectivity index (χ4n) is 3.01. The molecule has 31 heavy (non-hydrogen) atoms. The Hall–Kier alpha value is -3.85. The molecule has 0 aliphatic heterocycles. The summed E-state index contributed by atoms with van der Waals surface area (Å²) in [5.74, 6) is 0.840. The highest BCUT2D eigenvalue weighted by molar-refractivity contribution is 7.92. The lowest BCUT2D eigenvalue weighted by molar-refractivity contribution is 0.102. The summed E-state index contributed by atoms with van der Waals surface area (Å²) >= 11 is 0. The highest BCUT2D eigenvalue weighted by Gasteiger charge is 2.22. The molecule has 8 nitrogen and oxygen atoms in total. The number of H-pyrrole nitrogens is 1. The summed E-state index contributed by atoms with van der Waals surface area (Å²) in [6, 6.07) is 20.0. The molecule has 0 fully saturated rings. The number of aromatic amines is 1. The average molecular weight is 436 g/mol. The number of nitrogens with one attached hydrogen (secondary N) is 2. The summed E-state index contributed by atoms with van der Waals surface area (Å²) in [5.41, 5.74) is 1.60. The Morgan fingerprint density at radius 2 is 1.81 bits per heavy atom. The van der Waals surface area contributed by atoms with Crippen LogP contribution in [0.25, 0.3) is 11.5 Å². The van der Waals surface area contributed by atoms with E-state index >= 15 is 0 Å². The van der Waals surface area contributed by atoms with Crippen molar-refractivity contribution in [1.29, 1.82) is 0 Å². The first kappa shape index (κ1) is 20.4. The molecule has 0 bridgehead atoms. The molecule has 0 saturated carbocycles. The fraction of sp³-hybridized carbons (Fsp3) is 0.0909. The summed E-state index contributed by atoms with van der Waals surface area (Å²) < 4.78 is 32.7.